The zero-order valence-electron chi connectivity index (χ0n) is 11.4. The van der Waals surface area contributed by atoms with Crippen LogP contribution in [0.4, 0.5) is 0 Å². The number of benzene rings is 1. The van der Waals surface area contributed by atoms with Gasteiger partial charge in [-0.2, -0.15) is 0 Å². The van der Waals surface area contributed by atoms with Gasteiger partial charge in [-0.3, -0.25) is 4.79 Å². The molecule has 1 aromatic carbocycles. The Bertz CT molecular complexity index is 366. The van der Waals surface area contributed by atoms with E-state index < -0.39 is 0 Å². The van der Waals surface area contributed by atoms with Crippen molar-refractivity contribution >= 4 is 6.29 Å². The van der Waals surface area contributed by atoms with Crippen molar-refractivity contribution in [3.63, 3.8) is 0 Å². The van der Waals surface area contributed by atoms with E-state index in [2.05, 4.69) is 19.1 Å². The molecule has 1 heteroatoms. The number of aldehydes is 1. The average molecular weight is 244 g/mol. The Hall–Kier alpha value is -1.11. The fourth-order valence-corrected chi connectivity index (χ4v) is 3.17. The van der Waals surface area contributed by atoms with Gasteiger partial charge < -0.3 is 0 Å². The van der Waals surface area contributed by atoms with Crippen LogP contribution in [0.1, 0.15) is 61.4 Å². The maximum absolute atomic E-state index is 10.6. The molecule has 0 saturated heterocycles. The van der Waals surface area contributed by atoms with E-state index in [0.717, 1.165) is 23.7 Å². The molecule has 2 atom stereocenters. The average Bonchev–Trinajstić information content (AvgIpc) is 2.46. The first-order valence-corrected chi connectivity index (χ1v) is 7.36. The monoisotopic (exact) mass is 244 g/mol. The Balaban J connectivity index is 1.81. The molecular formula is C17H24O. The highest BCUT2D eigenvalue weighted by Gasteiger charge is 2.20. The molecule has 2 rings (SSSR count). The Morgan fingerprint density at radius 2 is 1.89 bits per heavy atom. The summed E-state index contributed by atoms with van der Waals surface area (Å²) in [6.45, 7) is 2.32. The fraction of sp³-hybridized carbons (Fsp3) is 0.588. The summed E-state index contributed by atoms with van der Waals surface area (Å²) in [6.07, 6.45) is 10.5. The number of hydrogen-bond donors (Lipinski definition) is 0. The summed E-state index contributed by atoms with van der Waals surface area (Å²) in [7, 11) is 0. The molecule has 18 heavy (non-hydrogen) atoms. The van der Waals surface area contributed by atoms with Crippen LogP contribution in [0.15, 0.2) is 24.3 Å². The van der Waals surface area contributed by atoms with Crippen LogP contribution >= 0.6 is 0 Å². The summed E-state index contributed by atoms with van der Waals surface area (Å²) in [5.41, 5.74) is 2.15. The first kappa shape index (κ1) is 13.3. The predicted molar refractivity (Wildman–Crippen MR) is 75.9 cm³/mol. The van der Waals surface area contributed by atoms with Crippen LogP contribution in [0.5, 0.6) is 0 Å². The second-order valence-electron chi connectivity index (χ2n) is 5.71. The van der Waals surface area contributed by atoms with Gasteiger partial charge in [0.05, 0.1) is 0 Å². The van der Waals surface area contributed by atoms with Crippen molar-refractivity contribution in [3.05, 3.63) is 35.4 Å². The molecule has 0 amide bonds. The van der Waals surface area contributed by atoms with Crippen molar-refractivity contribution in [1.29, 1.82) is 0 Å². The smallest absolute Gasteiger partial charge is 0.150 e. The molecule has 0 aromatic heterocycles. The third-order valence-electron chi connectivity index (χ3n) is 4.43. The number of aryl methyl sites for hydroxylation is 1. The van der Waals surface area contributed by atoms with Gasteiger partial charge in [-0.1, -0.05) is 56.9 Å². The fourth-order valence-electron chi connectivity index (χ4n) is 3.17. The summed E-state index contributed by atoms with van der Waals surface area (Å²) in [5, 5.41) is 0. The lowest BCUT2D eigenvalue weighted by Crippen LogP contribution is -2.15. The normalized spacial score (nSPS) is 23.8. The molecule has 0 bridgehead atoms. The highest BCUT2D eigenvalue weighted by Crippen LogP contribution is 2.33. The van der Waals surface area contributed by atoms with E-state index in [1.807, 2.05) is 12.1 Å². The Morgan fingerprint density at radius 1 is 1.17 bits per heavy atom. The molecule has 1 nitrogen and oxygen atoms in total. The van der Waals surface area contributed by atoms with Crippen LogP contribution in [0, 0.1) is 11.8 Å². The minimum Gasteiger partial charge on any atom is -0.298 e. The molecule has 2 unspecified atom stereocenters. The van der Waals surface area contributed by atoms with Crippen molar-refractivity contribution < 1.29 is 4.79 Å². The van der Waals surface area contributed by atoms with Crippen LogP contribution in [-0.2, 0) is 6.42 Å². The van der Waals surface area contributed by atoms with Crippen molar-refractivity contribution in [3.8, 4) is 0 Å². The molecule has 1 aliphatic rings. The lowest BCUT2D eigenvalue weighted by atomic mass is 9.78. The SMILES string of the molecule is CCC1CCCC(CCc2ccc(C=O)cc2)C1. The van der Waals surface area contributed by atoms with E-state index in [4.69, 9.17) is 0 Å². The van der Waals surface area contributed by atoms with Crippen molar-refractivity contribution in [1.82, 2.24) is 0 Å². The van der Waals surface area contributed by atoms with Gasteiger partial charge in [0.2, 0.25) is 0 Å². The first-order chi connectivity index (χ1) is 8.81. The van der Waals surface area contributed by atoms with Crippen molar-refractivity contribution in [2.45, 2.75) is 51.9 Å². The van der Waals surface area contributed by atoms with Gasteiger partial charge >= 0.3 is 0 Å². The number of hydrogen-bond acceptors (Lipinski definition) is 1. The number of carbonyl (C=O) groups is 1. The molecular weight excluding hydrogens is 220 g/mol. The zero-order valence-corrected chi connectivity index (χ0v) is 11.4. The van der Waals surface area contributed by atoms with Crippen LogP contribution < -0.4 is 0 Å². The number of carbonyl (C=O) groups excluding carboxylic acids is 1. The van der Waals surface area contributed by atoms with E-state index in [-0.39, 0.29) is 0 Å². The lowest BCUT2D eigenvalue weighted by Gasteiger charge is -2.28. The van der Waals surface area contributed by atoms with Gasteiger partial charge in [0.1, 0.15) is 6.29 Å². The highest BCUT2D eigenvalue weighted by molar-refractivity contribution is 5.74. The summed E-state index contributed by atoms with van der Waals surface area (Å²) in [4.78, 5) is 10.6. The molecule has 0 N–H and O–H groups in total. The van der Waals surface area contributed by atoms with E-state index in [1.54, 1.807) is 0 Å². The Morgan fingerprint density at radius 3 is 2.56 bits per heavy atom. The summed E-state index contributed by atoms with van der Waals surface area (Å²) in [5.74, 6) is 1.90. The standard InChI is InChI=1S/C17H24O/c1-2-14-4-3-5-16(12-14)9-6-15-7-10-17(13-18)11-8-15/h7-8,10-11,13-14,16H,2-6,9,12H2,1H3. The summed E-state index contributed by atoms with van der Waals surface area (Å²) in [6, 6.07) is 8.06. The van der Waals surface area contributed by atoms with E-state index in [0.29, 0.717) is 0 Å². The number of rotatable bonds is 5. The van der Waals surface area contributed by atoms with Gasteiger partial charge in [-0.05, 0) is 36.7 Å². The van der Waals surface area contributed by atoms with Crippen molar-refractivity contribution in [2.24, 2.45) is 11.8 Å². The van der Waals surface area contributed by atoms with E-state index in [1.165, 1.54) is 50.5 Å². The quantitative estimate of drug-likeness (QED) is 0.689. The lowest BCUT2D eigenvalue weighted by molar-refractivity contribution is 0.112. The minimum atomic E-state index is 0.780. The highest BCUT2D eigenvalue weighted by atomic mass is 16.1. The zero-order chi connectivity index (χ0) is 12.8. The van der Waals surface area contributed by atoms with Gasteiger partial charge in [-0.15, -0.1) is 0 Å². The second kappa shape index (κ2) is 6.72. The summed E-state index contributed by atoms with van der Waals surface area (Å²) >= 11 is 0. The maximum atomic E-state index is 10.6. The van der Waals surface area contributed by atoms with Gasteiger partial charge in [0.25, 0.3) is 0 Å². The topological polar surface area (TPSA) is 17.1 Å². The third kappa shape index (κ3) is 3.69. The second-order valence-corrected chi connectivity index (χ2v) is 5.71. The molecule has 1 fully saturated rings. The molecule has 1 aromatic rings. The maximum Gasteiger partial charge on any atom is 0.150 e. The molecule has 0 radical (unpaired) electrons. The van der Waals surface area contributed by atoms with Crippen LogP contribution in [0.25, 0.3) is 0 Å². The molecule has 0 spiro atoms. The largest absolute Gasteiger partial charge is 0.298 e. The van der Waals surface area contributed by atoms with E-state index in [9.17, 15) is 4.79 Å². The Labute approximate surface area is 111 Å². The Kier molecular flexibility index (Phi) is 4.98. The van der Waals surface area contributed by atoms with Gasteiger partial charge in [0, 0.05) is 5.56 Å². The van der Waals surface area contributed by atoms with Crippen molar-refractivity contribution in [2.75, 3.05) is 0 Å². The molecule has 0 heterocycles. The summed E-state index contributed by atoms with van der Waals surface area (Å²) < 4.78 is 0. The molecule has 1 saturated carbocycles. The predicted octanol–water partition coefficient (Wildman–Crippen LogP) is 4.65. The van der Waals surface area contributed by atoms with Gasteiger partial charge in [0.15, 0.2) is 0 Å². The molecule has 1 aliphatic carbocycles. The van der Waals surface area contributed by atoms with Crippen LogP contribution in [-0.4, -0.2) is 6.29 Å². The van der Waals surface area contributed by atoms with Gasteiger partial charge in [-0.25, -0.2) is 0 Å². The van der Waals surface area contributed by atoms with Crippen LogP contribution in [0.3, 0.4) is 0 Å². The first-order valence-electron chi connectivity index (χ1n) is 7.36. The molecule has 98 valence electrons. The van der Waals surface area contributed by atoms with Crippen LogP contribution in [0.2, 0.25) is 0 Å². The third-order valence-corrected chi connectivity index (χ3v) is 4.43. The molecule has 0 aliphatic heterocycles. The van der Waals surface area contributed by atoms with E-state index >= 15 is 0 Å². The minimum absolute atomic E-state index is 0.780.